The van der Waals surface area contributed by atoms with Crippen LogP contribution in [0.2, 0.25) is 0 Å². The first-order valence-electron chi connectivity index (χ1n) is 8.03. The van der Waals surface area contributed by atoms with Crippen LogP contribution in [0.3, 0.4) is 0 Å². The van der Waals surface area contributed by atoms with Crippen molar-refractivity contribution in [2.24, 2.45) is 0 Å². The summed E-state index contributed by atoms with van der Waals surface area (Å²) in [7, 11) is 1.59. The molecular formula is C19H19N3O4. The molecule has 26 heavy (non-hydrogen) atoms. The van der Waals surface area contributed by atoms with Crippen molar-refractivity contribution >= 4 is 11.7 Å². The van der Waals surface area contributed by atoms with Gasteiger partial charge >= 0.3 is 0 Å². The van der Waals surface area contributed by atoms with Crippen LogP contribution in [0.25, 0.3) is 11.3 Å². The third-order valence-corrected chi connectivity index (χ3v) is 3.96. The minimum atomic E-state index is -0.353. The SMILES string of the molecule is COc1ccc(-c2nonc2NC(=O)COc2ccc(C)c(C)c2)cc1. The molecule has 0 aliphatic carbocycles. The summed E-state index contributed by atoms with van der Waals surface area (Å²) in [5.41, 5.74) is 3.45. The van der Waals surface area contributed by atoms with Crippen LogP contribution in [0.1, 0.15) is 11.1 Å². The molecule has 3 rings (SSSR count). The van der Waals surface area contributed by atoms with Gasteiger partial charge in [-0.3, -0.25) is 4.79 Å². The molecule has 0 spiro atoms. The molecule has 0 unspecified atom stereocenters. The number of amides is 1. The van der Waals surface area contributed by atoms with E-state index in [9.17, 15) is 4.79 Å². The van der Waals surface area contributed by atoms with E-state index in [2.05, 4.69) is 15.6 Å². The van der Waals surface area contributed by atoms with Crippen molar-refractivity contribution in [3.8, 4) is 22.8 Å². The Morgan fingerprint density at radius 2 is 1.77 bits per heavy atom. The first kappa shape index (κ1) is 17.5. The van der Waals surface area contributed by atoms with E-state index < -0.39 is 0 Å². The zero-order valence-electron chi connectivity index (χ0n) is 14.8. The van der Waals surface area contributed by atoms with Crippen molar-refractivity contribution in [2.75, 3.05) is 19.0 Å². The number of aromatic nitrogens is 2. The third kappa shape index (κ3) is 4.00. The van der Waals surface area contributed by atoms with Gasteiger partial charge < -0.3 is 14.8 Å². The van der Waals surface area contributed by atoms with Crippen molar-refractivity contribution in [3.05, 3.63) is 53.6 Å². The summed E-state index contributed by atoms with van der Waals surface area (Å²) in [4.78, 5) is 12.2. The molecule has 134 valence electrons. The Hall–Kier alpha value is -3.35. The average molecular weight is 353 g/mol. The van der Waals surface area contributed by atoms with E-state index in [1.54, 1.807) is 31.4 Å². The van der Waals surface area contributed by atoms with Gasteiger partial charge in [0.15, 0.2) is 12.3 Å². The van der Waals surface area contributed by atoms with Gasteiger partial charge in [-0.25, -0.2) is 4.63 Å². The van der Waals surface area contributed by atoms with E-state index >= 15 is 0 Å². The molecule has 0 fully saturated rings. The molecule has 0 atom stereocenters. The predicted octanol–water partition coefficient (Wildman–Crippen LogP) is 3.38. The topological polar surface area (TPSA) is 86.5 Å². The number of ether oxygens (including phenoxy) is 2. The molecule has 2 aromatic carbocycles. The summed E-state index contributed by atoms with van der Waals surface area (Å²) in [6.07, 6.45) is 0. The largest absolute Gasteiger partial charge is 0.497 e. The lowest BCUT2D eigenvalue weighted by atomic mass is 10.1. The number of rotatable bonds is 6. The van der Waals surface area contributed by atoms with Crippen LogP contribution in [-0.4, -0.2) is 29.9 Å². The van der Waals surface area contributed by atoms with E-state index in [0.29, 0.717) is 11.4 Å². The fraction of sp³-hybridized carbons (Fsp3) is 0.211. The molecule has 0 saturated carbocycles. The number of nitrogens with one attached hydrogen (secondary N) is 1. The number of hydrogen-bond acceptors (Lipinski definition) is 6. The van der Waals surface area contributed by atoms with Gasteiger partial charge in [0.25, 0.3) is 5.91 Å². The van der Waals surface area contributed by atoms with Gasteiger partial charge in [-0.15, -0.1) is 0 Å². The van der Waals surface area contributed by atoms with Crippen molar-refractivity contribution < 1.29 is 18.9 Å². The summed E-state index contributed by atoms with van der Waals surface area (Å²) < 4.78 is 15.4. The number of methoxy groups -OCH3 is 1. The summed E-state index contributed by atoms with van der Waals surface area (Å²) in [6, 6.07) is 12.9. The normalized spacial score (nSPS) is 10.4. The number of nitrogens with zero attached hydrogens (tertiary/aromatic N) is 2. The highest BCUT2D eigenvalue weighted by Crippen LogP contribution is 2.26. The van der Waals surface area contributed by atoms with Crippen LogP contribution < -0.4 is 14.8 Å². The Morgan fingerprint density at radius 3 is 2.46 bits per heavy atom. The minimum Gasteiger partial charge on any atom is -0.497 e. The van der Waals surface area contributed by atoms with Gasteiger partial charge in [0.05, 0.1) is 7.11 Å². The molecular weight excluding hydrogens is 334 g/mol. The maximum Gasteiger partial charge on any atom is 0.263 e. The van der Waals surface area contributed by atoms with Gasteiger partial charge in [-0.05, 0) is 71.7 Å². The van der Waals surface area contributed by atoms with Gasteiger partial charge in [0, 0.05) is 5.56 Å². The molecule has 1 aromatic heterocycles. The molecule has 1 N–H and O–H groups in total. The van der Waals surface area contributed by atoms with Gasteiger partial charge in [0.2, 0.25) is 5.82 Å². The number of hydrogen-bond donors (Lipinski definition) is 1. The smallest absolute Gasteiger partial charge is 0.263 e. The molecule has 0 aliphatic heterocycles. The fourth-order valence-corrected chi connectivity index (χ4v) is 2.33. The minimum absolute atomic E-state index is 0.141. The lowest BCUT2D eigenvalue weighted by Gasteiger charge is -2.08. The van der Waals surface area contributed by atoms with Crippen LogP contribution in [0.15, 0.2) is 47.1 Å². The Morgan fingerprint density at radius 1 is 1.04 bits per heavy atom. The standard InChI is InChI=1S/C19H19N3O4/c1-12-4-7-16(10-13(12)2)25-11-17(23)20-19-18(21-26-22-19)14-5-8-15(24-3)9-6-14/h4-10H,11H2,1-3H3,(H,20,22,23). The van der Waals surface area contributed by atoms with E-state index in [0.717, 1.165) is 16.9 Å². The fourth-order valence-electron chi connectivity index (χ4n) is 2.33. The van der Waals surface area contributed by atoms with E-state index in [4.69, 9.17) is 14.1 Å². The first-order valence-corrected chi connectivity index (χ1v) is 8.03. The highest BCUT2D eigenvalue weighted by atomic mass is 16.6. The van der Waals surface area contributed by atoms with Crippen LogP contribution in [0.4, 0.5) is 5.82 Å². The number of carbonyl (C=O) groups excluding carboxylic acids is 1. The summed E-state index contributed by atoms with van der Waals surface area (Å²) >= 11 is 0. The van der Waals surface area contributed by atoms with Crippen molar-refractivity contribution in [1.29, 1.82) is 0 Å². The summed E-state index contributed by atoms with van der Waals surface area (Å²) in [5.74, 6) is 1.24. The molecule has 0 saturated heterocycles. The first-order chi connectivity index (χ1) is 12.6. The molecule has 0 bridgehead atoms. The second-order valence-electron chi connectivity index (χ2n) is 5.77. The Kier molecular flexibility index (Phi) is 5.17. The van der Waals surface area contributed by atoms with Gasteiger partial charge in [0.1, 0.15) is 11.5 Å². The molecule has 7 heteroatoms. The van der Waals surface area contributed by atoms with E-state index in [1.165, 1.54) is 5.56 Å². The highest BCUT2D eigenvalue weighted by Gasteiger charge is 2.15. The van der Waals surface area contributed by atoms with Gasteiger partial charge in [-0.1, -0.05) is 6.07 Å². The van der Waals surface area contributed by atoms with E-state index in [1.807, 2.05) is 32.0 Å². The second kappa shape index (κ2) is 7.69. The van der Waals surface area contributed by atoms with Crippen LogP contribution >= 0.6 is 0 Å². The van der Waals surface area contributed by atoms with Crippen LogP contribution in [-0.2, 0) is 4.79 Å². The van der Waals surface area contributed by atoms with Crippen LogP contribution in [0, 0.1) is 13.8 Å². The van der Waals surface area contributed by atoms with E-state index in [-0.39, 0.29) is 18.3 Å². The maximum atomic E-state index is 12.2. The zero-order chi connectivity index (χ0) is 18.5. The Balaban J connectivity index is 1.64. The number of anilines is 1. The Bertz CT molecular complexity index is 903. The Labute approximate surface area is 150 Å². The number of benzene rings is 2. The molecule has 3 aromatic rings. The van der Waals surface area contributed by atoms with Crippen molar-refractivity contribution in [1.82, 2.24) is 10.3 Å². The third-order valence-electron chi connectivity index (χ3n) is 3.96. The van der Waals surface area contributed by atoms with Crippen molar-refractivity contribution in [2.45, 2.75) is 13.8 Å². The number of carbonyl (C=O) groups is 1. The predicted molar refractivity (Wildman–Crippen MR) is 96.3 cm³/mol. The van der Waals surface area contributed by atoms with Crippen LogP contribution in [0.5, 0.6) is 11.5 Å². The average Bonchev–Trinajstić information content (AvgIpc) is 3.11. The zero-order valence-corrected chi connectivity index (χ0v) is 14.8. The molecule has 7 nitrogen and oxygen atoms in total. The molecule has 0 aliphatic rings. The second-order valence-corrected chi connectivity index (χ2v) is 5.77. The molecule has 0 radical (unpaired) electrons. The quantitative estimate of drug-likeness (QED) is 0.731. The highest BCUT2D eigenvalue weighted by molar-refractivity contribution is 5.94. The number of aryl methyl sites for hydroxylation is 2. The summed E-state index contributed by atoms with van der Waals surface area (Å²) in [5, 5.41) is 10.3. The monoisotopic (exact) mass is 353 g/mol. The molecule has 1 heterocycles. The summed E-state index contributed by atoms with van der Waals surface area (Å²) in [6.45, 7) is 3.87. The lowest BCUT2D eigenvalue weighted by molar-refractivity contribution is -0.118. The maximum absolute atomic E-state index is 12.2. The van der Waals surface area contributed by atoms with Gasteiger partial charge in [-0.2, -0.15) is 0 Å². The lowest BCUT2D eigenvalue weighted by Crippen LogP contribution is -2.20. The van der Waals surface area contributed by atoms with Crippen molar-refractivity contribution in [3.63, 3.8) is 0 Å². The molecule has 1 amide bonds.